The first-order valence-electron chi connectivity index (χ1n) is 5.39. The molecule has 0 bridgehead atoms. The maximum Gasteiger partial charge on any atom is 0.334 e. The van der Waals surface area contributed by atoms with Gasteiger partial charge in [0.1, 0.15) is 0 Å². The lowest BCUT2D eigenvalue weighted by molar-refractivity contribution is -0.144. The summed E-state index contributed by atoms with van der Waals surface area (Å²) in [6.45, 7) is 6.35. The molecule has 1 unspecified atom stereocenters. The Morgan fingerprint density at radius 3 is 2.06 bits per heavy atom. The molecule has 6 heteroatoms. The molecule has 0 saturated heterocycles. The van der Waals surface area contributed by atoms with E-state index in [1.807, 2.05) is 6.92 Å². The molecule has 0 aliphatic heterocycles. The average molecular weight is 272 g/mol. The summed E-state index contributed by atoms with van der Waals surface area (Å²) in [7, 11) is -4.06. The van der Waals surface area contributed by atoms with Gasteiger partial charge in [0.15, 0.2) is 6.10 Å². The topological polar surface area (TPSA) is 80.7 Å². The first-order chi connectivity index (χ1) is 8.15. The van der Waals surface area contributed by atoms with Crippen LogP contribution in [-0.2, 0) is 19.1 Å². The van der Waals surface area contributed by atoms with Crippen molar-refractivity contribution in [2.75, 3.05) is 0 Å². The van der Waals surface area contributed by atoms with Gasteiger partial charge >= 0.3 is 5.97 Å². The number of carboxylic acids is 1. The minimum Gasteiger partial charge on any atom is -0.479 e. The molecule has 1 N–H and O–H groups in total. The van der Waals surface area contributed by atoms with Gasteiger partial charge in [-0.3, -0.25) is 4.18 Å². The number of benzene rings is 1. The van der Waals surface area contributed by atoms with Gasteiger partial charge in [0.2, 0.25) is 0 Å². The molecule has 18 heavy (non-hydrogen) atoms. The number of aryl methyl sites for hydroxylation is 3. The van der Waals surface area contributed by atoms with Crippen LogP contribution < -0.4 is 0 Å². The number of aliphatic carboxylic acids is 1. The van der Waals surface area contributed by atoms with Crippen molar-refractivity contribution in [3.05, 3.63) is 28.8 Å². The fourth-order valence-corrected chi connectivity index (χ4v) is 3.31. The highest BCUT2D eigenvalue weighted by Crippen LogP contribution is 2.24. The monoisotopic (exact) mass is 272 g/mol. The summed E-state index contributed by atoms with van der Waals surface area (Å²) in [5, 5.41) is 8.69. The van der Waals surface area contributed by atoms with E-state index in [0.717, 1.165) is 5.56 Å². The smallest absolute Gasteiger partial charge is 0.334 e. The fraction of sp³-hybridized carbons (Fsp3) is 0.417. The van der Waals surface area contributed by atoms with E-state index >= 15 is 0 Å². The summed E-state index contributed by atoms with van der Waals surface area (Å²) in [5.41, 5.74) is 2.03. The summed E-state index contributed by atoms with van der Waals surface area (Å²) in [6, 6.07) is 3.43. The van der Waals surface area contributed by atoms with E-state index < -0.39 is 22.2 Å². The fourth-order valence-electron chi connectivity index (χ4n) is 1.84. The summed E-state index contributed by atoms with van der Waals surface area (Å²) in [6.07, 6.45) is -1.41. The van der Waals surface area contributed by atoms with Crippen molar-refractivity contribution < 1.29 is 22.5 Å². The third kappa shape index (κ3) is 3.08. The molecule has 1 atom stereocenters. The highest BCUT2D eigenvalue weighted by atomic mass is 32.2. The van der Waals surface area contributed by atoms with E-state index in [4.69, 9.17) is 5.11 Å². The second kappa shape index (κ2) is 5.07. The van der Waals surface area contributed by atoms with Gasteiger partial charge in [-0.25, -0.2) is 4.79 Å². The molecule has 0 fully saturated rings. The quantitative estimate of drug-likeness (QED) is 0.845. The number of hydrogen-bond donors (Lipinski definition) is 1. The molecular weight excluding hydrogens is 256 g/mol. The van der Waals surface area contributed by atoms with Crippen molar-refractivity contribution in [1.29, 1.82) is 0 Å². The zero-order chi connectivity index (χ0) is 14.1. The van der Waals surface area contributed by atoms with Crippen molar-refractivity contribution >= 4 is 16.1 Å². The standard InChI is InChI=1S/C12H16O5S/c1-7-5-8(2)11(9(3)6-7)18(15,16)17-10(4)12(13)14/h5-6,10H,1-4H3,(H,13,14). The average Bonchev–Trinajstić information content (AvgIpc) is 2.13. The molecule has 0 spiro atoms. The molecular formula is C12H16O5S. The van der Waals surface area contributed by atoms with Crippen LogP contribution in [0.3, 0.4) is 0 Å². The summed E-state index contributed by atoms with van der Waals surface area (Å²) in [5.74, 6) is -1.32. The summed E-state index contributed by atoms with van der Waals surface area (Å²) < 4.78 is 28.7. The zero-order valence-electron chi connectivity index (χ0n) is 10.7. The number of carbonyl (C=O) groups is 1. The van der Waals surface area contributed by atoms with Crippen LogP contribution in [0.2, 0.25) is 0 Å². The van der Waals surface area contributed by atoms with Gasteiger partial charge in [-0.2, -0.15) is 8.42 Å². The number of rotatable bonds is 4. The van der Waals surface area contributed by atoms with Crippen molar-refractivity contribution in [3.63, 3.8) is 0 Å². The second-order valence-corrected chi connectivity index (χ2v) is 5.77. The van der Waals surface area contributed by atoms with Gasteiger partial charge in [0.05, 0.1) is 4.90 Å². The maximum atomic E-state index is 12.0. The van der Waals surface area contributed by atoms with Crippen LogP contribution in [0.1, 0.15) is 23.6 Å². The minimum absolute atomic E-state index is 0.0428. The Kier molecular flexibility index (Phi) is 4.13. The molecule has 0 amide bonds. The van der Waals surface area contributed by atoms with Gasteiger partial charge in [-0.1, -0.05) is 17.7 Å². The van der Waals surface area contributed by atoms with Crippen LogP contribution in [-0.4, -0.2) is 25.6 Å². The Labute approximate surface area is 107 Å². The van der Waals surface area contributed by atoms with E-state index in [-0.39, 0.29) is 4.90 Å². The summed E-state index contributed by atoms with van der Waals surface area (Å²) in [4.78, 5) is 10.7. The third-order valence-corrected chi connectivity index (χ3v) is 4.16. The highest BCUT2D eigenvalue weighted by Gasteiger charge is 2.26. The molecule has 0 heterocycles. The van der Waals surface area contributed by atoms with Gasteiger partial charge in [0.25, 0.3) is 10.1 Å². The van der Waals surface area contributed by atoms with E-state index in [1.165, 1.54) is 6.92 Å². The Hall–Kier alpha value is -1.40. The molecule has 1 aromatic rings. The molecule has 1 rings (SSSR count). The van der Waals surface area contributed by atoms with Crippen molar-refractivity contribution in [3.8, 4) is 0 Å². The van der Waals surface area contributed by atoms with Crippen LogP contribution in [0.4, 0.5) is 0 Å². The lowest BCUT2D eigenvalue weighted by atomic mass is 10.1. The lowest BCUT2D eigenvalue weighted by Crippen LogP contribution is -2.24. The van der Waals surface area contributed by atoms with E-state index in [9.17, 15) is 13.2 Å². The highest BCUT2D eigenvalue weighted by molar-refractivity contribution is 7.87. The van der Waals surface area contributed by atoms with Gasteiger partial charge in [0, 0.05) is 0 Å². The van der Waals surface area contributed by atoms with Crippen LogP contribution in [0.25, 0.3) is 0 Å². The van der Waals surface area contributed by atoms with E-state index in [1.54, 1.807) is 26.0 Å². The Bertz CT molecular complexity index is 551. The van der Waals surface area contributed by atoms with Gasteiger partial charge in [-0.05, 0) is 38.8 Å². The Morgan fingerprint density at radius 2 is 1.67 bits per heavy atom. The first kappa shape index (κ1) is 14.7. The second-order valence-electron chi connectivity index (χ2n) is 4.26. The van der Waals surface area contributed by atoms with Crippen molar-refractivity contribution in [1.82, 2.24) is 0 Å². The molecule has 0 aliphatic carbocycles. The molecule has 5 nitrogen and oxygen atoms in total. The van der Waals surface area contributed by atoms with Crippen LogP contribution >= 0.6 is 0 Å². The molecule has 0 aliphatic rings. The maximum absolute atomic E-state index is 12.0. The van der Waals surface area contributed by atoms with Gasteiger partial charge in [-0.15, -0.1) is 0 Å². The minimum atomic E-state index is -4.06. The van der Waals surface area contributed by atoms with E-state index in [2.05, 4.69) is 4.18 Å². The molecule has 0 saturated carbocycles. The van der Waals surface area contributed by atoms with Crippen molar-refractivity contribution in [2.45, 2.75) is 38.7 Å². The number of carboxylic acid groups (broad SMARTS) is 1. The molecule has 1 aromatic carbocycles. The van der Waals surface area contributed by atoms with E-state index in [0.29, 0.717) is 11.1 Å². The van der Waals surface area contributed by atoms with Crippen LogP contribution in [0.15, 0.2) is 17.0 Å². The Morgan fingerprint density at radius 1 is 1.22 bits per heavy atom. The molecule has 0 aromatic heterocycles. The zero-order valence-corrected chi connectivity index (χ0v) is 11.5. The molecule has 100 valence electrons. The van der Waals surface area contributed by atoms with Gasteiger partial charge < -0.3 is 5.11 Å². The largest absolute Gasteiger partial charge is 0.479 e. The SMILES string of the molecule is Cc1cc(C)c(S(=O)(=O)OC(C)C(=O)O)c(C)c1. The van der Waals surface area contributed by atoms with Crippen LogP contribution in [0, 0.1) is 20.8 Å². The predicted octanol–water partition coefficient (Wildman–Crippen LogP) is 1.79. The normalized spacial score (nSPS) is 13.3. The lowest BCUT2D eigenvalue weighted by Gasteiger charge is -2.14. The first-order valence-corrected chi connectivity index (χ1v) is 6.80. The summed E-state index contributed by atoms with van der Waals surface area (Å²) >= 11 is 0. The van der Waals surface area contributed by atoms with Crippen molar-refractivity contribution in [2.24, 2.45) is 0 Å². The molecule has 0 radical (unpaired) electrons. The number of hydrogen-bond acceptors (Lipinski definition) is 4. The Balaban J connectivity index is 3.25. The van der Waals surface area contributed by atoms with Crippen LogP contribution in [0.5, 0.6) is 0 Å². The third-order valence-electron chi connectivity index (χ3n) is 2.47. The predicted molar refractivity (Wildman–Crippen MR) is 66.0 cm³/mol.